The molecule has 2 rings (SSSR count). The molecule has 0 radical (unpaired) electrons. The number of carbonyl (C=O) groups excluding carboxylic acids is 1. The summed E-state index contributed by atoms with van der Waals surface area (Å²) < 4.78 is 6.02. The van der Waals surface area contributed by atoms with E-state index in [1.54, 1.807) is 7.11 Å². The van der Waals surface area contributed by atoms with Gasteiger partial charge in [-0.15, -0.1) is 0 Å². The fraction of sp³-hybridized carbons (Fsp3) is 0.214. The Balaban J connectivity index is 2.10. The molecule has 6 heteroatoms. The highest BCUT2D eigenvalue weighted by molar-refractivity contribution is 9.10. The van der Waals surface area contributed by atoms with Crippen molar-refractivity contribution in [1.82, 2.24) is 15.3 Å². The van der Waals surface area contributed by atoms with Crippen LogP contribution >= 0.6 is 15.9 Å². The number of nitrogens with one attached hydrogen (secondary N) is 1. The van der Waals surface area contributed by atoms with E-state index in [0.29, 0.717) is 5.69 Å². The van der Waals surface area contributed by atoms with Crippen LogP contribution in [0.15, 0.2) is 41.3 Å². The maximum Gasteiger partial charge on any atom is 0.271 e. The lowest BCUT2D eigenvalue weighted by atomic mass is 10.1. The van der Waals surface area contributed by atoms with E-state index in [1.165, 1.54) is 18.6 Å². The molecule has 0 saturated heterocycles. The number of amides is 1. The number of hydrogen-bond acceptors (Lipinski definition) is 4. The van der Waals surface area contributed by atoms with E-state index >= 15 is 0 Å². The first-order valence-corrected chi connectivity index (χ1v) is 6.81. The number of hydrogen-bond donors (Lipinski definition) is 1. The normalized spacial score (nSPS) is 11.8. The summed E-state index contributed by atoms with van der Waals surface area (Å²) in [4.78, 5) is 19.8. The molecule has 0 fully saturated rings. The van der Waals surface area contributed by atoms with Crippen LogP contribution in [0.5, 0.6) is 5.75 Å². The first-order chi connectivity index (χ1) is 9.61. The zero-order valence-corrected chi connectivity index (χ0v) is 12.7. The molecule has 1 N–H and O–H groups in total. The van der Waals surface area contributed by atoms with Gasteiger partial charge in [0, 0.05) is 12.4 Å². The van der Waals surface area contributed by atoms with Crippen molar-refractivity contribution in [1.29, 1.82) is 0 Å². The number of benzene rings is 1. The highest BCUT2D eigenvalue weighted by Gasteiger charge is 2.13. The number of ether oxygens (including phenoxy) is 1. The molecule has 1 unspecified atom stereocenters. The fourth-order valence-corrected chi connectivity index (χ4v) is 2.28. The summed E-state index contributed by atoms with van der Waals surface area (Å²) in [5, 5.41) is 2.87. The number of aromatic nitrogens is 2. The van der Waals surface area contributed by atoms with Crippen molar-refractivity contribution in [2.75, 3.05) is 7.11 Å². The molecule has 20 heavy (non-hydrogen) atoms. The van der Waals surface area contributed by atoms with Crippen molar-refractivity contribution >= 4 is 21.8 Å². The van der Waals surface area contributed by atoms with Gasteiger partial charge in [-0.2, -0.15) is 0 Å². The number of halogens is 1. The van der Waals surface area contributed by atoms with Crippen LogP contribution in [-0.4, -0.2) is 23.0 Å². The van der Waals surface area contributed by atoms with Crippen LogP contribution in [0.1, 0.15) is 29.0 Å². The lowest BCUT2D eigenvalue weighted by molar-refractivity contribution is 0.0934. The second-order valence-electron chi connectivity index (χ2n) is 4.18. The van der Waals surface area contributed by atoms with Crippen LogP contribution in [0.2, 0.25) is 0 Å². The van der Waals surface area contributed by atoms with Crippen LogP contribution in [0.3, 0.4) is 0 Å². The second-order valence-corrected chi connectivity index (χ2v) is 5.03. The predicted molar refractivity (Wildman–Crippen MR) is 78.6 cm³/mol. The molecule has 1 heterocycles. The fourth-order valence-electron chi connectivity index (χ4n) is 1.72. The van der Waals surface area contributed by atoms with Gasteiger partial charge < -0.3 is 10.1 Å². The Hall–Kier alpha value is -1.95. The average Bonchev–Trinajstić information content (AvgIpc) is 2.48. The van der Waals surface area contributed by atoms with E-state index in [2.05, 4.69) is 31.2 Å². The quantitative estimate of drug-likeness (QED) is 0.932. The molecule has 104 valence electrons. The number of rotatable bonds is 4. The molecule has 1 atom stereocenters. The van der Waals surface area contributed by atoms with Crippen molar-refractivity contribution in [3.8, 4) is 5.75 Å². The van der Waals surface area contributed by atoms with Gasteiger partial charge in [0.05, 0.1) is 23.8 Å². The molecular weight excluding hydrogens is 322 g/mol. The lowest BCUT2D eigenvalue weighted by Gasteiger charge is -2.15. The van der Waals surface area contributed by atoms with Crippen LogP contribution < -0.4 is 10.1 Å². The number of carbonyl (C=O) groups is 1. The van der Waals surface area contributed by atoms with Crippen LogP contribution in [-0.2, 0) is 0 Å². The van der Waals surface area contributed by atoms with Gasteiger partial charge >= 0.3 is 0 Å². The molecule has 2 aromatic rings. The summed E-state index contributed by atoms with van der Waals surface area (Å²) >= 11 is 3.43. The smallest absolute Gasteiger partial charge is 0.271 e. The molecule has 0 aliphatic carbocycles. The second kappa shape index (κ2) is 6.47. The minimum Gasteiger partial charge on any atom is -0.496 e. The molecular formula is C14H14BrN3O2. The summed E-state index contributed by atoms with van der Waals surface area (Å²) in [7, 11) is 1.61. The number of nitrogens with zero attached hydrogens (tertiary/aromatic N) is 2. The van der Waals surface area contributed by atoms with Gasteiger partial charge in [-0.1, -0.05) is 6.07 Å². The van der Waals surface area contributed by atoms with Gasteiger partial charge in [0.25, 0.3) is 5.91 Å². The van der Waals surface area contributed by atoms with Crippen molar-refractivity contribution < 1.29 is 9.53 Å². The maximum absolute atomic E-state index is 12.0. The summed E-state index contributed by atoms with van der Waals surface area (Å²) in [6.45, 7) is 1.91. The standard InChI is InChI=1S/C14H14BrN3O2/c1-9(10-3-4-13(20-2)11(15)7-10)18-14(19)12-8-16-5-6-17-12/h3-9H,1-2H3,(H,18,19). The minimum absolute atomic E-state index is 0.147. The highest BCUT2D eigenvalue weighted by Crippen LogP contribution is 2.27. The van der Waals surface area contributed by atoms with Crippen molar-refractivity contribution in [3.63, 3.8) is 0 Å². The molecule has 1 aromatic carbocycles. The lowest BCUT2D eigenvalue weighted by Crippen LogP contribution is -2.27. The minimum atomic E-state index is -0.252. The molecule has 1 amide bonds. The van der Waals surface area contributed by atoms with Gasteiger partial charge in [0.15, 0.2) is 0 Å². The van der Waals surface area contributed by atoms with E-state index in [0.717, 1.165) is 15.8 Å². The predicted octanol–water partition coefficient (Wildman–Crippen LogP) is 2.74. The highest BCUT2D eigenvalue weighted by atomic mass is 79.9. The first-order valence-electron chi connectivity index (χ1n) is 6.02. The average molecular weight is 336 g/mol. The zero-order valence-electron chi connectivity index (χ0n) is 11.1. The third-order valence-electron chi connectivity index (χ3n) is 2.82. The van der Waals surface area contributed by atoms with Crippen LogP contribution in [0.25, 0.3) is 0 Å². The third-order valence-corrected chi connectivity index (χ3v) is 3.44. The van der Waals surface area contributed by atoms with Crippen LogP contribution in [0.4, 0.5) is 0 Å². The Morgan fingerprint density at radius 1 is 1.40 bits per heavy atom. The Bertz CT molecular complexity index is 605. The zero-order chi connectivity index (χ0) is 14.5. The molecule has 0 bridgehead atoms. The maximum atomic E-state index is 12.0. The van der Waals surface area contributed by atoms with Gasteiger partial charge in [0.2, 0.25) is 0 Å². The molecule has 1 aromatic heterocycles. The van der Waals surface area contributed by atoms with E-state index in [9.17, 15) is 4.79 Å². The Kier molecular flexibility index (Phi) is 4.68. The molecule has 0 saturated carbocycles. The largest absolute Gasteiger partial charge is 0.496 e. The first kappa shape index (κ1) is 14.5. The molecule has 0 aliphatic heterocycles. The topological polar surface area (TPSA) is 64.1 Å². The number of methoxy groups -OCH3 is 1. The summed E-state index contributed by atoms with van der Waals surface area (Å²) in [5.74, 6) is 0.499. The van der Waals surface area contributed by atoms with Gasteiger partial charge in [-0.25, -0.2) is 4.98 Å². The SMILES string of the molecule is COc1ccc(C(C)NC(=O)c2cnccn2)cc1Br. The van der Waals surface area contributed by atoms with Crippen molar-refractivity contribution in [2.24, 2.45) is 0 Å². The van der Waals surface area contributed by atoms with Crippen molar-refractivity contribution in [2.45, 2.75) is 13.0 Å². The Labute approximate surface area is 125 Å². The summed E-state index contributed by atoms with van der Waals surface area (Å²) in [6.07, 6.45) is 4.45. The van der Waals surface area contributed by atoms with Gasteiger partial charge in [-0.05, 0) is 40.5 Å². The van der Waals surface area contributed by atoms with Crippen LogP contribution in [0, 0.1) is 0 Å². The van der Waals surface area contributed by atoms with E-state index in [-0.39, 0.29) is 11.9 Å². The molecule has 0 spiro atoms. The summed E-state index contributed by atoms with van der Waals surface area (Å²) in [6, 6.07) is 5.53. The molecule has 0 aliphatic rings. The van der Waals surface area contributed by atoms with Gasteiger partial charge in [0.1, 0.15) is 11.4 Å². The van der Waals surface area contributed by atoms with Gasteiger partial charge in [-0.3, -0.25) is 9.78 Å². The monoisotopic (exact) mass is 335 g/mol. The van der Waals surface area contributed by atoms with Crippen molar-refractivity contribution in [3.05, 3.63) is 52.5 Å². The van der Waals surface area contributed by atoms with E-state index < -0.39 is 0 Å². The summed E-state index contributed by atoms with van der Waals surface area (Å²) in [5.41, 5.74) is 1.27. The van der Waals surface area contributed by atoms with E-state index in [1.807, 2.05) is 25.1 Å². The third kappa shape index (κ3) is 3.33. The molecule has 5 nitrogen and oxygen atoms in total. The Morgan fingerprint density at radius 2 is 2.20 bits per heavy atom. The Morgan fingerprint density at radius 3 is 2.80 bits per heavy atom. The van der Waals surface area contributed by atoms with E-state index in [4.69, 9.17) is 4.74 Å².